The Kier molecular flexibility index (Phi) is 62.2. The van der Waals surface area contributed by atoms with Crippen molar-refractivity contribution in [2.24, 2.45) is 0 Å². The summed E-state index contributed by atoms with van der Waals surface area (Å²) in [5.74, 6) is -0.888. The molecule has 0 bridgehead atoms. The van der Waals surface area contributed by atoms with Gasteiger partial charge in [0.2, 0.25) is 0 Å². The lowest BCUT2D eigenvalue weighted by atomic mass is 10.0. The summed E-state index contributed by atoms with van der Waals surface area (Å²) < 4.78 is 16.8. The molecule has 6 nitrogen and oxygen atoms in total. The van der Waals surface area contributed by atoms with Gasteiger partial charge in [-0.3, -0.25) is 14.4 Å². The molecule has 6 heteroatoms. The normalized spacial score (nSPS) is 12.6. The molecule has 0 aliphatic rings. The molecule has 0 radical (unpaired) electrons. The molecule has 0 heterocycles. The first-order chi connectivity index (χ1) is 38.0. The molecule has 0 aromatic rings. The zero-order chi connectivity index (χ0) is 55.7. The molecule has 0 aliphatic carbocycles. The second-order valence-corrected chi connectivity index (χ2v) is 22.0. The van der Waals surface area contributed by atoms with Gasteiger partial charge in [-0.25, -0.2) is 0 Å². The van der Waals surface area contributed by atoms with Crippen LogP contribution in [0, 0.1) is 0 Å². The van der Waals surface area contributed by atoms with Gasteiger partial charge in [0.15, 0.2) is 6.10 Å². The van der Waals surface area contributed by atoms with E-state index in [4.69, 9.17) is 14.2 Å². The minimum atomic E-state index is -0.777. The van der Waals surface area contributed by atoms with E-state index in [1.807, 2.05) is 0 Å². The predicted octanol–water partition coefficient (Wildman–Crippen LogP) is 22.7. The summed E-state index contributed by atoms with van der Waals surface area (Å²) in [5.41, 5.74) is 0. The van der Waals surface area contributed by atoms with Crippen molar-refractivity contribution >= 4 is 17.9 Å². The van der Waals surface area contributed by atoms with E-state index in [9.17, 15) is 14.4 Å². The number of hydrogen-bond donors (Lipinski definition) is 0. The highest BCUT2D eigenvalue weighted by atomic mass is 16.6. The number of rotatable bonds is 60. The number of allylic oxidation sites excluding steroid dienone is 14. The summed E-state index contributed by atoms with van der Waals surface area (Å²) in [6, 6.07) is 0. The third kappa shape index (κ3) is 63.3. The monoisotopic (exact) mass is 1070 g/mol. The Morgan fingerprint density at radius 3 is 0.792 bits per heavy atom. The summed E-state index contributed by atoms with van der Waals surface area (Å²) in [6.45, 7) is 6.45. The van der Waals surface area contributed by atoms with Crippen LogP contribution in [0.3, 0.4) is 0 Å². The van der Waals surface area contributed by atoms with Crippen LogP contribution in [-0.4, -0.2) is 37.2 Å². The summed E-state index contributed by atoms with van der Waals surface area (Å²) >= 11 is 0. The second kappa shape index (κ2) is 65.1. The molecule has 0 aliphatic heterocycles. The van der Waals surface area contributed by atoms with Gasteiger partial charge in [-0.1, -0.05) is 298 Å². The molecule has 0 spiro atoms. The molecule has 0 aromatic heterocycles. The van der Waals surface area contributed by atoms with Crippen LogP contribution in [0.25, 0.3) is 0 Å². The van der Waals surface area contributed by atoms with Crippen LogP contribution < -0.4 is 0 Å². The van der Waals surface area contributed by atoms with Gasteiger partial charge in [-0.15, -0.1) is 0 Å². The van der Waals surface area contributed by atoms with Crippen molar-refractivity contribution in [3.8, 4) is 0 Å². The minimum Gasteiger partial charge on any atom is -0.462 e. The van der Waals surface area contributed by atoms with Crippen molar-refractivity contribution in [1.82, 2.24) is 0 Å². The molecule has 0 aromatic carbocycles. The number of carbonyl (C=O) groups excluding carboxylic acids is 3. The van der Waals surface area contributed by atoms with Crippen molar-refractivity contribution < 1.29 is 28.6 Å². The van der Waals surface area contributed by atoms with Crippen molar-refractivity contribution in [3.63, 3.8) is 0 Å². The molecule has 0 amide bonds. The van der Waals surface area contributed by atoms with Crippen LogP contribution in [0.5, 0.6) is 0 Å². The van der Waals surface area contributed by atoms with E-state index in [-0.39, 0.29) is 31.1 Å². The van der Waals surface area contributed by atoms with E-state index >= 15 is 0 Å². The lowest BCUT2D eigenvalue weighted by Crippen LogP contribution is -2.30. The van der Waals surface area contributed by atoms with E-state index in [2.05, 4.69) is 106 Å². The van der Waals surface area contributed by atoms with Gasteiger partial charge in [0.25, 0.3) is 0 Å². The van der Waals surface area contributed by atoms with Crippen LogP contribution in [0.1, 0.15) is 329 Å². The van der Waals surface area contributed by atoms with E-state index in [1.165, 1.54) is 180 Å². The Hall–Kier alpha value is -3.41. The maximum absolute atomic E-state index is 12.8. The first-order valence-electron chi connectivity index (χ1n) is 33.1. The largest absolute Gasteiger partial charge is 0.462 e. The Morgan fingerprint density at radius 2 is 0.506 bits per heavy atom. The molecule has 444 valence electrons. The molecule has 1 atom stereocenters. The van der Waals surface area contributed by atoms with Crippen molar-refractivity contribution in [1.29, 1.82) is 0 Å². The Bertz CT molecular complexity index is 1470. The molecule has 0 saturated carbocycles. The van der Waals surface area contributed by atoms with Crippen LogP contribution >= 0.6 is 0 Å². The molecule has 0 saturated heterocycles. The zero-order valence-corrected chi connectivity index (χ0v) is 51.0. The number of carbonyl (C=O) groups is 3. The van der Waals surface area contributed by atoms with E-state index in [1.54, 1.807) is 0 Å². The van der Waals surface area contributed by atoms with Gasteiger partial charge >= 0.3 is 17.9 Å². The summed E-state index contributed by atoms with van der Waals surface area (Å²) in [7, 11) is 0. The lowest BCUT2D eigenvalue weighted by Gasteiger charge is -2.18. The van der Waals surface area contributed by atoms with E-state index < -0.39 is 6.10 Å². The zero-order valence-electron chi connectivity index (χ0n) is 51.0. The number of unbranched alkanes of at least 4 members (excludes halogenated alkanes) is 35. The van der Waals surface area contributed by atoms with Crippen molar-refractivity contribution in [2.45, 2.75) is 335 Å². The van der Waals surface area contributed by atoms with Gasteiger partial charge in [0, 0.05) is 19.3 Å². The molecular weight excluding hydrogens is 949 g/mol. The predicted molar refractivity (Wildman–Crippen MR) is 334 cm³/mol. The fourth-order valence-electron chi connectivity index (χ4n) is 9.44. The highest BCUT2D eigenvalue weighted by Crippen LogP contribution is 2.17. The second-order valence-electron chi connectivity index (χ2n) is 22.0. The SMILES string of the molecule is CC/C=C\C/C=C\C/C=C\C/C=C\CCCCCCCCCCC(=O)OC(COC(=O)CCCCCCC)COC(=O)CCCCCCCCCCCCCCCCCCCC/C=C\C/C=C\C/C=C\CCCCCCC. The fraction of sp³-hybridized carbons (Fsp3) is 0.761. The van der Waals surface area contributed by atoms with Gasteiger partial charge in [0.1, 0.15) is 13.2 Å². The summed E-state index contributed by atoms with van der Waals surface area (Å²) in [6.07, 6.45) is 86.6. The summed E-state index contributed by atoms with van der Waals surface area (Å²) in [4.78, 5) is 37.9. The highest BCUT2D eigenvalue weighted by Gasteiger charge is 2.19. The first-order valence-corrected chi connectivity index (χ1v) is 33.1. The Labute approximate surface area is 477 Å². The Balaban J connectivity index is 3.96. The van der Waals surface area contributed by atoms with Crippen LogP contribution in [0.15, 0.2) is 85.1 Å². The van der Waals surface area contributed by atoms with Crippen LogP contribution in [0.2, 0.25) is 0 Å². The quantitative estimate of drug-likeness (QED) is 0.0261. The van der Waals surface area contributed by atoms with Crippen LogP contribution in [-0.2, 0) is 28.6 Å². The van der Waals surface area contributed by atoms with Crippen LogP contribution in [0.4, 0.5) is 0 Å². The number of esters is 3. The number of hydrogen-bond acceptors (Lipinski definition) is 6. The lowest BCUT2D eigenvalue weighted by molar-refractivity contribution is -0.167. The Morgan fingerprint density at radius 1 is 0.273 bits per heavy atom. The van der Waals surface area contributed by atoms with Crippen molar-refractivity contribution in [3.05, 3.63) is 85.1 Å². The molecule has 77 heavy (non-hydrogen) atoms. The maximum atomic E-state index is 12.8. The molecule has 0 fully saturated rings. The van der Waals surface area contributed by atoms with E-state index in [0.717, 1.165) is 109 Å². The molecular formula is C71H124O6. The third-order valence-corrected chi connectivity index (χ3v) is 14.4. The van der Waals surface area contributed by atoms with Crippen molar-refractivity contribution in [2.75, 3.05) is 13.2 Å². The van der Waals surface area contributed by atoms with Gasteiger partial charge in [-0.2, -0.15) is 0 Å². The average Bonchev–Trinajstić information content (AvgIpc) is 3.43. The topological polar surface area (TPSA) is 78.9 Å². The van der Waals surface area contributed by atoms with Gasteiger partial charge < -0.3 is 14.2 Å². The van der Waals surface area contributed by atoms with Gasteiger partial charge in [0.05, 0.1) is 0 Å². The van der Waals surface area contributed by atoms with E-state index in [0.29, 0.717) is 19.3 Å². The highest BCUT2D eigenvalue weighted by molar-refractivity contribution is 5.71. The standard InChI is InChI=1S/C71H124O6/c1-4-7-10-13-15-17-19-21-23-25-27-29-30-31-32-33-34-35-36-37-38-39-40-42-43-45-47-49-51-53-55-58-61-64-70(73)76-67-68(66-75-69(72)63-60-57-12-9-6-3)77-71(74)65-62-59-56-54-52-50-48-46-44-41-28-26-24-22-20-18-16-14-11-8-5-2/h8,11,16,18-19,21-22,24-25,27-28,30-31,41,68H,4-7,9-10,12-15,17,20,23,26,29,32-40,42-67H2,1-3H3/b11-8-,18-16-,21-19-,24-22-,27-25-,31-30-,41-28-. The minimum absolute atomic E-state index is 0.0772. The van der Waals surface area contributed by atoms with Gasteiger partial charge in [-0.05, 0) is 96.3 Å². The first kappa shape index (κ1) is 73.6. The smallest absolute Gasteiger partial charge is 0.306 e. The maximum Gasteiger partial charge on any atom is 0.306 e. The fourth-order valence-corrected chi connectivity index (χ4v) is 9.44. The summed E-state index contributed by atoms with van der Waals surface area (Å²) in [5, 5.41) is 0. The average molecular weight is 1070 g/mol. The molecule has 0 rings (SSSR count). The molecule has 0 N–H and O–H groups in total. The molecule has 1 unspecified atom stereocenters. The number of ether oxygens (including phenoxy) is 3. The third-order valence-electron chi connectivity index (χ3n) is 14.4.